The Morgan fingerprint density at radius 2 is 2.27 bits per heavy atom. The van der Waals surface area contributed by atoms with E-state index in [-0.39, 0.29) is 11.4 Å². The quantitative estimate of drug-likeness (QED) is 0.577. The molecule has 0 spiro atoms. The summed E-state index contributed by atoms with van der Waals surface area (Å²) in [6.07, 6.45) is 2.32. The van der Waals surface area contributed by atoms with Crippen molar-refractivity contribution in [3.8, 4) is 5.88 Å². The second-order valence-corrected chi connectivity index (χ2v) is 3.88. The van der Waals surface area contributed by atoms with Gasteiger partial charge in [-0.2, -0.15) is 5.10 Å². The first-order valence-electron chi connectivity index (χ1n) is 4.81. The fourth-order valence-electron chi connectivity index (χ4n) is 0.933. The number of hydrogen-bond acceptors (Lipinski definition) is 4. The van der Waals surface area contributed by atoms with Gasteiger partial charge in [-0.3, -0.25) is 5.41 Å². The number of nitrogens with two attached hydrogens (primary N) is 1. The molecule has 0 fully saturated rings. The lowest BCUT2D eigenvalue weighted by molar-refractivity contribution is 0.0973. The third-order valence-corrected chi connectivity index (χ3v) is 2.20. The fraction of sp³-hybridized carbons (Fsp3) is 0.500. The van der Waals surface area contributed by atoms with Gasteiger partial charge in [0.15, 0.2) is 0 Å². The highest BCUT2D eigenvalue weighted by molar-refractivity contribution is 5.96. The van der Waals surface area contributed by atoms with E-state index >= 15 is 0 Å². The van der Waals surface area contributed by atoms with Crippen molar-refractivity contribution >= 4 is 5.84 Å². The summed E-state index contributed by atoms with van der Waals surface area (Å²) in [5.74, 6) is 0.253. The zero-order valence-corrected chi connectivity index (χ0v) is 9.24. The van der Waals surface area contributed by atoms with Crippen LogP contribution in [-0.2, 0) is 0 Å². The lowest BCUT2D eigenvalue weighted by atomic mass is 10.1. The molecule has 82 valence electrons. The minimum atomic E-state index is -0.333. The zero-order chi connectivity index (χ0) is 11.5. The minimum Gasteiger partial charge on any atom is -0.470 e. The van der Waals surface area contributed by atoms with Crippen molar-refractivity contribution < 1.29 is 4.74 Å². The maximum Gasteiger partial charge on any atom is 0.245 e. The number of nitrogens with one attached hydrogen (secondary N) is 1. The standard InChI is InChI=1S/C10H16N4O/c1-4-10(2,3)15-9-7(8(11)12)5-6-13-14-9/h5-6H,4H2,1-3H3,(H3,11,12). The number of hydrogen-bond donors (Lipinski definition) is 2. The molecular formula is C10H16N4O. The van der Waals surface area contributed by atoms with Gasteiger partial charge in [0, 0.05) is 0 Å². The Kier molecular flexibility index (Phi) is 3.24. The molecule has 0 amide bonds. The van der Waals surface area contributed by atoms with Crippen LogP contribution in [0.2, 0.25) is 0 Å². The molecule has 0 aliphatic carbocycles. The van der Waals surface area contributed by atoms with Crippen molar-refractivity contribution in [2.75, 3.05) is 0 Å². The summed E-state index contributed by atoms with van der Waals surface area (Å²) in [5, 5.41) is 14.9. The van der Waals surface area contributed by atoms with Crippen LogP contribution in [0, 0.1) is 5.41 Å². The van der Waals surface area contributed by atoms with Crippen molar-refractivity contribution in [3.05, 3.63) is 17.8 Å². The molecule has 0 saturated heterocycles. The van der Waals surface area contributed by atoms with Crippen LogP contribution >= 0.6 is 0 Å². The van der Waals surface area contributed by atoms with Crippen LogP contribution in [0.5, 0.6) is 5.88 Å². The van der Waals surface area contributed by atoms with Gasteiger partial charge in [0.25, 0.3) is 0 Å². The Balaban J connectivity index is 2.99. The molecule has 0 unspecified atom stereocenters. The third-order valence-electron chi connectivity index (χ3n) is 2.20. The Morgan fingerprint density at radius 3 is 2.80 bits per heavy atom. The predicted molar refractivity (Wildman–Crippen MR) is 58.0 cm³/mol. The molecule has 1 aromatic heterocycles. The highest BCUT2D eigenvalue weighted by Crippen LogP contribution is 2.21. The molecule has 15 heavy (non-hydrogen) atoms. The van der Waals surface area contributed by atoms with Crippen LogP contribution in [0.3, 0.4) is 0 Å². The molecule has 0 atom stereocenters. The molecule has 0 radical (unpaired) electrons. The first kappa shape index (κ1) is 11.4. The van der Waals surface area contributed by atoms with Crippen LogP contribution in [0.1, 0.15) is 32.8 Å². The second kappa shape index (κ2) is 4.25. The van der Waals surface area contributed by atoms with Crippen LogP contribution in [0.4, 0.5) is 0 Å². The molecule has 1 aromatic rings. The van der Waals surface area contributed by atoms with Gasteiger partial charge in [-0.15, -0.1) is 5.10 Å². The number of aromatic nitrogens is 2. The van der Waals surface area contributed by atoms with E-state index in [2.05, 4.69) is 10.2 Å². The first-order chi connectivity index (χ1) is 6.96. The number of ether oxygens (including phenoxy) is 1. The normalized spacial score (nSPS) is 11.1. The Labute approximate surface area is 89.2 Å². The summed E-state index contributed by atoms with van der Waals surface area (Å²) in [6.45, 7) is 5.92. The minimum absolute atomic E-state index is 0.0631. The molecule has 3 N–H and O–H groups in total. The molecule has 0 aliphatic rings. The molecule has 1 heterocycles. The summed E-state index contributed by atoms with van der Waals surface area (Å²) >= 11 is 0. The monoisotopic (exact) mass is 208 g/mol. The summed E-state index contributed by atoms with van der Waals surface area (Å²) < 4.78 is 5.65. The summed E-state index contributed by atoms with van der Waals surface area (Å²) in [5.41, 5.74) is 5.56. The molecular weight excluding hydrogens is 192 g/mol. The Hall–Kier alpha value is -1.65. The van der Waals surface area contributed by atoms with Crippen molar-refractivity contribution in [1.82, 2.24) is 10.2 Å². The van der Waals surface area contributed by atoms with E-state index < -0.39 is 0 Å². The molecule has 0 bridgehead atoms. The van der Waals surface area contributed by atoms with Gasteiger partial charge in [-0.1, -0.05) is 6.92 Å². The summed E-state index contributed by atoms with van der Waals surface area (Å²) in [4.78, 5) is 0. The molecule has 0 aromatic carbocycles. The van der Waals surface area contributed by atoms with E-state index in [4.69, 9.17) is 15.9 Å². The van der Waals surface area contributed by atoms with E-state index in [0.29, 0.717) is 11.4 Å². The third kappa shape index (κ3) is 2.90. The summed E-state index contributed by atoms with van der Waals surface area (Å²) in [6, 6.07) is 1.62. The number of nitrogens with zero attached hydrogens (tertiary/aromatic N) is 2. The number of amidine groups is 1. The van der Waals surface area contributed by atoms with Crippen molar-refractivity contribution in [1.29, 1.82) is 5.41 Å². The zero-order valence-electron chi connectivity index (χ0n) is 9.24. The SMILES string of the molecule is CCC(C)(C)Oc1nnccc1C(=N)N. The largest absolute Gasteiger partial charge is 0.470 e. The Bertz CT molecular complexity index is 362. The molecule has 0 saturated carbocycles. The number of rotatable bonds is 4. The maximum absolute atomic E-state index is 7.37. The average Bonchev–Trinajstić information content (AvgIpc) is 2.18. The van der Waals surface area contributed by atoms with Gasteiger partial charge in [0.05, 0.1) is 11.8 Å². The van der Waals surface area contributed by atoms with Gasteiger partial charge in [-0.05, 0) is 26.3 Å². The topological polar surface area (TPSA) is 84.9 Å². The highest BCUT2D eigenvalue weighted by atomic mass is 16.5. The molecule has 5 heteroatoms. The van der Waals surface area contributed by atoms with Gasteiger partial charge in [0.2, 0.25) is 5.88 Å². The van der Waals surface area contributed by atoms with Crippen LogP contribution in [0.15, 0.2) is 12.3 Å². The van der Waals surface area contributed by atoms with Crippen LogP contribution < -0.4 is 10.5 Å². The van der Waals surface area contributed by atoms with E-state index in [1.807, 2.05) is 20.8 Å². The smallest absolute Gasteiger partial charge is 0.245 e. The predicted octanol–water partition coefficient (Wildman–Crippen LogP) is 1.33. The molecule has 5 nitrogen and oxygen atoms in total. The Morgan fingerprint density at radius 1 is 1.60 bits per heavy atom. The summed E-state index contributed by atoms with van der Waals surface area (Å²) in [7, 11) is 0. The lowest BCUT2D eigenvalue weighted by Gasteiger charge is -2.24. The van der Waals surface area contributed by atoms with E-state index in [0.717, 1.165) is 6.42 Å². The second-order valence-electron chi connectivity index (χ2n) is 3.88. The van der Waals surface area contributed by atoms with Crippen LogP contribution in [0.25, 0.3) is 0 Å². The lowest BCUT2D eigenvalue weighted by Crippen LogP contribution is -2.29. The maximum atomic E-state index is 7.37. The van der Waals surface area contributed by atoms with E-state index in [9.17, 15) is 0 Å². The van der Waals surface area contributed by atoms with Crippen molar-refractivity contribution in [2.24, 2.45) is 5.73 Å². The van der Waals surface area contributed by atoms with E-state index in [1.165, 1.54) is 6.20 Å². The average molecular weight is 208 g/mol. The van der Waals surface area contributed by atoms with E-state index in [1.54, 1.807) is 6.07 Å². The van der Waals surface area contributed by atoms with Crippen LogP contribution in [-0.4, -0.2) is 21.6 Å². The highest BCUT2D eigenvalue weighted by Gasteiger charge is 2.20. The van der Waals surface area contributed by atoms with Crippen molar-refractivity contribution in [3.63, 3.8) is 0 Å². The van der Waals surface area contributed by atoms with Gasteiger partial charge >= 0.3 is 0 Å². The van der Waals surface area contributed by atoms with Gasteiger partial charge in [-0.25, -0.2) is 0 Å². The molecule has 1 rings (SSSR count). The number of nitrogen functional groups attached to an aromatic ring is 1. The fourth-order valence-corrected chi connectivity index (χ4v) is 0.933. The van der Waals surface area contributed by atoms with Crippen molar-refractivity contribution in [2.45, 2.75) is 32.8 Å². The van der Waals surface area contributed by atoms with Gasteiger partial charge < -0.3 is 10.5 Å². The van der Waals surface area contributed by atoms with Gasteiger partial charge in [0.1, 0.15) is 11.4 Å². The first-order valence-corrected chi connectivity index (χ1v) is 4.81. The molecule has 0 aliphatic heterocycles.